The van der Waals surface area contributed by atoms with Crippen molar-refractivity contribution in [1.82, 2.24) is 35.4 Å². The highest BCUT2D eigenvalue weighted by Gasteiger charge is 2.23. The lowest BCUT2D eigenvalue weighted by molar-refractivity contribution is -0.394. The fourth-order valence-electron chi connectivity index (χ4n) is 0.856. The molecule has 13 heteroatoms. The fraction of sp³-hybridized carbons (Fsp3) is 0. The molecule has 2 aromatic heterocycles. The van der Waals surface area contributed by atoms with Gasteiger partial charge in [-0.25, -0.2) is 0 Å². The molecule has 0 bridgehead atoms. The number of nitro groups is 1. The van der Waals surface area contributed by atoms with Crippen LogP contribution in [-0.2, 0) is 0 Å². The first-order valence-electron chi connectivity index (χ1n) is 3.62. The maximum absolute atomic E-state index is 10.4. The van der Waals surface area contributed by atoms with Gasteiger partial charge in [0.15, 0.2) is 0 Å². The second-order valence-electron chi connectivity index (χ2n) is 2.28. The van der Waals surface area contributed by atoms with Crippen molar-refractivity contribution in [1.29, 1.82) is 0 Å². The van der Waals surface area contributed by atoms with Gasteiger partial charge in [0.2, 0.25) is 0 Å². The number of nitrogens with one attached hydrogen (secondary N) is 1. The van der Waals surface area contributed by atoms with Gasteiger partial charge in [-0.1, -0.05) is 9.78 Å². The van der Waals surface area contributed by atoms with E-state index in [1.807, 2.05) is 0 Å². The molecule has 80 valence electrons. The molecule has 0 aliphatic rings. The highest BCUT2D eigenvalue weighted by Crippen LogP contribution is 2.16. The monoisotopic (exact) mass is 223 g/mol. The van der Waals surface area contributed by atoms with Crippen LogP contribution in [0, 0.1) is 10.1 Å². The smallest absolute Gasteiger partial charge is 0.390 e. The molecule has 0 aliphatic heterocycles. The average molecular weight is 223 g/mol. The summed E-state index contributed by atoms with van der Waals surface area (Å²) in [6.45, 7) is 0. The SMILES string of the molecule is [N-]=[N+]=Nc1nc([N+](=O)[O-])nn1-c1nn[nH]n1. The van der Waals surface area contributed by atoms with Crippen molar-refractivity contribution in [3.63, 3.8) is 0 Å². The zero-order valence-corrected chi connectivity index (χ0v) is 7.29. The number of aromatic amines is 1. The van der Waals surface area contributed by atoms with E-state index in [2.05, 4.69) is 40.7 Å². The van der Waals surface area contributed by atoms with E-state index in [0.29, 0.717) is 0 Å². The highest BCUT2D eigenvalue weighted by molar-refractivity contribution is 5.28. The zero-order chi connectivity index (χ0) is 11.5. The molecular weight excluding hydrogens is 222 g/mol. The molecule has 2 rings (SSSR count). The Balaban J connectivity index is 2.59. The number of nitrogens with zero attached hydrogens (tertiary/aromatic N) is 10. The van der Waals surface area contributed by atoms with Crippen molar-refractivity contribution >= 4 is 11.9 Å². The lowest BCUT2D eigenvalue weighted by Crippen LogP contribution is -1.99. The summed E-state index contributed by atoms with van der Waals surface area (Å²) in [6, 6.07) is 0. The molecule has 0 unspecified atom stereocenters. The van der Waals surface area contributed by atoms with Crippen LogP contribution in [0.15, 0.2) is 5.11 Å². The summed E-state index contributed by atoms with van der Waals surface area (Å²) in [7, 11) is 0. The van der Waals surface area contributed by atoms with Crippen LogP contribution in [0.4, 0.5) is 11.9 Å². The van der Waals surface area contributed by atoms with Crippen molar-refractivity contribution in [2.75, 3.05) is 0 Å². The third-order valence-corrected chi connectivity index (χ3v) is 1.40. The Bertz CT molecular complexity index is 560. The van der Waals surface area contributed by atoms with Crippen LogP contribution in [0.2, 0.25) is 0 Å². The normalized spacial score (nSPS) is 9.75. The van der Waals surface area contributed by atoms with Crippen LogP contribution in [0.5, 0.6) is 0 Å². The van der Waals surface area contributed by atoms with E-state index >= 15 is 0 Å². The minimum atomic E-state index is -0.840. The predicted molar refractivity (Wildman–Crippen MR) is 44.6 cm³/mol. The molecule has 2 aromatic rings. The van der Waals surface area contributed by atoms with E-state index in [0.717, 1.165) is 4.68 Å². The first-order valence-corrected chi connectivity index (χ1v) is 3.62. The first-order chi connectivity index (χ1) is 7.72. The van der Waals surface area contributed by atoms with Crippen molar-refractivity contribution in [3.8, 4) is 5.95 Å². The van der Waals surface area contributed by atoms with Gasteiger partial charge in [-0.15, -0.1) is 5.10 Å². The van der Waals surface area contributed by atoms with Gasteiger partial charge in [-0.2, -0.15) is 5.21 Å². The topological polar surface area (TPSA) is 177 Å². The van der Waals surface area contributed by atoms with E-state index in [-0.39, 0.29) is 11.9 Å². The summed E-state index contributed by atoms with van der Waals surface area (Å²) in [5.74, 6) is -1.20. The van der Waals surface area contributed by atoms with Gasteiger partial charge in [0.05, 0.1) is 0 Å². The minimum absolute atomic E-state index is 0.122. The van der Waals surface area contributed by atoms with Crippen molar-refractivity contribution in [2.24, 2.45) is 5.11 Å². The van der Waals surface area contributed by atoms with Crippen molar-refractivity contribution < 1.29 is 4.92 Å². The molecule has 0 amide bonds. The fourth-order valence-corrected chi connectivity index (χ4v) is 0.856. The second kappa shape index (κ2) is 3.58. The molecular formula is C3HN11O2. The maximum atomic E-state index is 10.4. The van der Waals surface area contributed by atoms with Gasteiger partial charge >= 0.3 is 17.8 Å². The van der Waals surface area contributed by atoms with Gasteiger partial charge in [-0.3, -0.25) is 0 Å². The zero-order valence-electron chi connectivity index (χ0n) is 7.29. The van der Waals surface area contributed by atoms with E-state index in [4.69, 9.17) is 5.53 Å². The number of aromatic nitrogens is 7. The van der Waals surface area contributed by atoms with E-state index in [9.17, 15) is 10.1 Å². The molecule has 0 atom stereocenters. The predicted octanol–water partition coefficient (Wildman–Crippen LogP) is -0.370. The number of H-pyrrole nitrogens is 1. The molecule has 0 fully saturated rings. The van der Waals surface area contributed by atoms with Crippen LogP contribution in [0.1, 0.15) is 0 Å². The van der Waals surface area contributed by atoms with Gasteiger partial charge in [-0.05, 0) is 20.7 Å². The van der Waals surface area contributed by atoms with Crippen LogP contribution in [-0.4, -0.2) is 40.3 Å². The molecule has 0 saturated heterocycles. The Morgan fingerprint density at radius 3 is 3.00 bits per heavy atom. The number of tetrazole rings is 1. The van der Waals surface area contributed by atoms with Gasteiger partial charge in [0.1, 0.15) is 0 Å². The molecule has 13 nitrogen and oxygen atoms in total. The van der Waals surface area contributed by atoms with Gasteiger partial charge in [0, 0.05) is 15.1 Å². The lowest BCUT2D eigenvalue weighted by atomic mass is 10.9. The standard InChI is InChI=1S/C3HN11O2/c4-10-6-1-5-2(14(15)16)9-13(1)3-7-11-12-8-3/h(H,7,8,11,12). The van der Waals surface area contributed by atoms with E-state index < -0.39 is 10.9 Å². The van der Waals surface area contributed by atoms with E-state index in [1.165, 1.54) is 0 Å². The average Bonchev–Trinajstić information content (AvgIpc) is 2.84. The van der Waals surface area contributed by atoms with Crippen molar-refractivity contribution in [2.45, 2.75) is 0 Å². The Morgan fingerprint density at radius 2 is 2.44 bits per heavy atom. The largest absolute Gasteiger partial charge is 0.491 e. The number of hydrogen-bond donors (Lipinski definition) is 1. The van der Waals surface area contributed by atoms with Crippen molar-refractivity contribution in [3.05, 3.63) is 20.6 Å². The molecule has 0 spiro atoms. The summed E-state index contributed by atoms with van der Waals surface area (Å²) in [4.78, 5) is 15.4. The third kappa shape index (κ3) is 1.48. The Morgan fingerprint density at radius 1 is 1.62 bits per heavy atom. The van der Waals surface area contributed by atoms with Crippen LogP contribution < -0.4 is 0 Å². The number of hydrogen-bond acceptors (Lipinski definition) is 8. The third-order valence-electron chi connectivity index (χ3n) is 1.40. The number of rotatable bonds is 3. The van der Waals surface area contributed by atoms with Crippen LogP contribution in [0.3, 0.4) is 0 Å². The number of azide groups is 1. The van der Waals surface area contributed by atoms with Crippen LogP contribution in [0.25, 0.3) is 16.4 Å². The minimum Gasteiger partial charge on any atom is -0.390 e. The molecule has 0 radical (unpaired) electrons. The summed E-state index contributed by atoms with van der Waals surface area (Å²) < 4.78 is 0.793. The summed E-state index contributed by atoms with van der Waals surface area (Å²) in [5, 5.41) is 29.3. The Labute approximate surface area is 84.9 Å². The summed E-state index contributed by atoms with van der Waals surface area (Å²) in [5.41, 5.74) is 8.23. The lowest BCUT2D eigenvalue weighted by Gasteiger charge is -1.85. The summed E-state index contributed by atoms with van der Waals surface area (Å²) in [6.07, 6.45) is 0. The Hall–Kier alpha value is -3.08. The van der Waals surface area contributed by atoms with Crippen LogP contribution >= 0.6 is 0 Å². The highest BCUT2D eigenvalue weighted by atomic mass is 16.6. The molecule has 0 saturated carbocycles. The molecule has 2 heterocycles. The quantitative estimate of drug-likeness (QED) is 0.242. The molecule has 0 aliphatic carbocycles. The van der Waals surface area contributed by atoms with Gasteiger partial charge in [0.25, 0.3) is 0 Å². The van der Waals surface area contributed by atoms with Gasteiger partial charge < -0.3 is 10.1 Å². The van der Waals surface area contributed by atoms with E-state index in [1.54, 1.807) is 0 Å². The Kier molecular flexibility index (Phi) is 2.12. The maximum Gasteiger partial charge on any atom is 0.491 e. The second-order valence-corrected chi connectivity index (χ2v) is 2.28. The molecule has 0 aromatic carbocycles. The molecule has 1 N–H and O–H groups in total. The first kappa shape index (κ1) is 9.47. The molecule has 16 heavy (non-hydrogen) atoms. The summed E-state index contributed by atoms with van der Waals surface area (Å²) >= 11 is 0.